The number of ether oxygens (including phenoxy) is 2. The Kier molecular flexibility index (Phi) is 9.42. The number of benzene rings is 3. The molecule has 190 valence electrons. The summed E-state index contributed by atoms with van der Waals surface area (Å²) in [5, 5.41) is 6.01. The number of methoxy groups -OCH3 is 2. The van der Waals surface area contributed by atoms with Gasteiger partial charge in [0.1, 0.15) is 11.5 Å². The fourth-order valence-electron chi connectivity index (χ4n) is 3.71. The van der Waals surface area contributed by atoms with E-state index in [0.29, 0.717) is 29.2 Å². The SMILES string of the molecule is COc1cccc(OC)c1CNC(=O)c1cccc(SCc2ccccc2NC(=O)CC(C)(C)C)c1. The van der Waals surface area contributed by atoms with E-state index < -0.39 is 0 Å². The molecule has 3 rings (SSSR count). The van der Waals surface area contributed by atoms with Crippen molar-refractivity contribution in [3.63, 3.8) is 0 Å². The van der Waals surface area contributed by atoms with Crippen molar-refractivity contribution in [3.05, 3.63) is 83.4 Å². The number of amides is 2. The van der Waals surface area contributed by atoms with Crippen molar-refractivity contribution in [2.45, 2.75) is 44.4 Å². The number of rotatable bonds is 10. The number of para-hydroxylation sites is 1. The molecule has 0 unspecified atom stereocenters. The summed E-state index contributed by atoms with van der Waals surface area (Å²) in [4.78, 5) is 26.3. The minimum atomic E-state index is -0.180. The lowest BCUT2D eigenvalue weighted by Crippen LogP contribution is -2.23. The summed E-state index contributed by atoms with van der Waals surface area (Å²) in [6.45, 7) is 6.42. The molecule has 0 heterocycles. The smallest absolute Gasteiger partial charge is 0.251 e. The quantitative estimate of drug-likeness (QED) is 0.316. The van der Waals surface area contributed by atoms with Crippen LogP contribution in [0.2, 0.25) is 0 Å². The number of carbonyl (C=O) groups excluding carboxylic acids is 2. The number of anilines is 1. The maximum absolute atomic E-state index is 12.9. The van der Waals surface area contributed by atoms with Gasteiger partial charge >= 0.3 is 0 Å². The predicted octanol–water partition coefficient (Wildman–Crippen LogP) is 6.30. The largest absolute Gasteiger partial charge is 0.496 e. The van der Waals surface area contributed by atoms with E-state index in [4.69, 9.17) is 9.47 Å². The zero-order chi connectivity index (χ0) is 26.1. The van der Waals surface area contributed by atoms with Gasteiger partial charge in [0.2, 0.25) is 5.91 Å². The summed E-state index contributed by atoms with van der Waals surface area (Å²) in [5.41, 5.74) is 3.12. The molecule has 0 spiro atoms. The number of thioether (sulfide) groups is 1. The number of carbonyl (C=O) groups is 2. The highest BCUT2D eigenvalue weighted by Gasteiger charge is 2.17. The highest BCUT2D eigenvalue weighted by molar-refractivity contribution is 7.98. The van der Waals surface area contributed by atoms with Crippen LogP contribution in [0.25, 0.3) is 0 Å². The van der Waals surface area contributed by atoms with E-state index in [1.165, 1.54) is 0 Å². The first-order chi connectivity index (χ1) is 17.2. The van der Waals surface area contributed by atoms with Gasteiger partial charge < -0.3 is 20.1 Å². The Labute approximate surface area is 217 Å². The third-order valence-electron chi connectivity index (χ3n) is 5.43. The fourth-order valence-corrected chi connectivity index (χ4v) is 4.66. The van der Waals surface area contributed by atoms with Crippen molar-refractivity contribution in [1.29, 1.82) is 0 Å². The Hall–Kier alpha value is -3.45. The molecule has 0 aliphatic rings. The second kappa shape index (κ2) is 12.5. The van der Waals surface area contributed by atoms with Crippen molar-refractivity contribution in [1.82, 2.24) is 5.32 Å². The topological polar surface area (TPSA) is 76.7 Å². The van der Waals surface area contributed by atoms with E-state index >= 15 is 0 Å². The lowest BCUT2D eigenvalue weighted by molar-refractivity contribution is -0.117. The molecule has 0 atom stereocenters. The van der Waals surface area contributed by atoms with Gasteiger partial charge in [-0.2, -0.15) is 0 Å². The summed E-state index contributed by atoms with van der Waals surface area (Å²) in [6, 6.07) is 20.9. The van der Waals surface area contributed by atoms with E-state index in [9.17, 15) is 9.59 Å². The number of nitrogens with one attached hydrogen (secondary N) is 2. The second-order valence-corrected chi connectivity index (χ2v) is 10.6. The Morgan fingerprint density at radius 2 is 1.56 bits per heavy atom. The molecule has 0 saturated carbocycles. The maximum Gasteiger partial charge on any atom is 0.251 e. The molecule has 2 amide bonds. The van der Waals surface area contributed by atoms with E-state index in [0.717, 1.165) is 21.7 Å². The third kappa shape index (κ3) is 7.78. The third-order valence-corrected chi connectivity index (χ3v) is 6.47. The van der Waals surface area contributed by atoms with Crippen LogP contribution in [-0.4, -0.2) is 26.0 Å². The van der Waals surface area contributed by atoms with Crippen LogP contribution >= 0.6 is 11.8 Å². The Morgan fingerprint density at radius 1 is 0.889 bits per heavy atom. The van der Waals surface area contributed by atoms with Crippen LogP contribution in [0.3, 0.4) is 0 Å². The Morgan fingerprint density at radius 3 is 2.22 bits per heavy atom. The fraction of sp³-hybridized carbons (Fsp3) is 0.310. The van der Waals surface area contributed by atoms with E-state index in [1.807, 2.05) is 81.4 Å². The van der Waals surface area contributed by atoms with Gasteiger partial charge in [0.15, 0.2) is 0 Å². The molecular formula is C29H34N2O4S. The van der Waals surface area contributed by atoms with Crippen molar-refractivity contribution in [3.8, 4) is 11.5 Å². The molecule has 0 aliphatic carbocycles. The first-order valence-corrected chi connectivity index (χ1v) is 12.8. The molecular weight excluding hydrogens is 472 g/mol. The normalized spacial score (nSPS) is 11.0. The van der Waals surface area contributed by atoms with Crippen LogP contribution in [0.4, 0.5) is 5.69 Å². The standard InChI is InChI=1S/C29H34N2O4S/c1-29(2,3)17-27(32)31-24-13-7-6-10-21(24)19-36-22-12-8-11-20(16-22)28(33)30-18-23-25(34-4)14-9-15-26(23)35-5/h6-16H,17-19H2,1-5H3,(H,30,33)(H,31,32). The van der Waals surface area contributed by atoms with Crippen LogP contribution in [0.15, 0.2) is 71.6 Å². The van der Waals surface area contributed by atoms with Crippen LogP contribution in [0.1, 0.15) is 48.7 Å². The van der Waals surface area contributed by atoms with Crippen molar-refractivity contribution >= 4 is 29.3 Å². The first kappa shape index (κ1) is 27.1. The van der Waals surface area contributed by atoms with Crippen molar-refractivity contribution < 1.29 is 19.1 Å². The second-order valence-electron chi connectivity index (χ2n) is 9.58. The minimum Gasteiger partial charge on any atom is -0.496 e. The molecule has 0 aliphatic heterocycles. The van der Waals surface area contributed by atoms with Gasteiger partial charge in [-0.05, 0) is 47.4 Å². The lowest BCUT2D eigenvalue weighted by Gasteiger charge is -2.18. The summed E-state index contributed by atoms with van der Waals surface area (Å²) < 4.78 is 10.8. The predicted molar refractivity (Wildman–Crippen MR) is 146 cm³/mol. The average molecular weight is 507 g/mol. The highest BCUT2D eigenvalue weighted by atomic mass is 32.2. The molecule has 0 aromatic heterocycles. The molecule has 3 aromatic carbocycles. The molecule has 0 radical (unpaired) electrons. The lowest BCUT2D eigenvalue weighted by atomic mass is 9.92. The summed E-state index contributed by atoms with van der Waals surface area (Å²) in [6.07, 6.45) is 0.451. The van der Waals surface area contributed by atoms with Crippen LogP contribution in [0.5, 0.6) is 11.5 Å². The number of hydrogen-bond acceptors (Lipinski definition) is 5. The summed E-state index contributed by atoms with van der Waals surface area (Å²) in [5.74, 6) is 1.81. The van der Waals surface area contributed by atoms with Gasteiger partial charge in [-0.15, -0.1) is 11.8 Å². The monoisotopic (exact) mass is 506 g/mol. The maximum atomic E-state index is 12.9. The van der Waals surface area contributed by atoms with Crippen molar-refractivity contribution in [2.75, 3.05) is 19.5 Å². The summed E-state index contributed by atoms with van der Waals surface area (Å²) in [7, 11) is 3.18. The Balaban J connectivity index is 1.65. The Bertz CT molecular complexity index is 1180. The average Bonchev–Trinajstić information content (AvgIpc) is 2.85. The molecule has 2 N–H and O–H groups in total. The zero-order valence-corrected chi connectivity index (χ0v) is 22.3. The minimum absolute atomic E-state index is 0.00490. The van der Waals surface area contributed by atoms with Gasteiger partial charge in [0, 0.05) is 28.3 Å². The molecule has 0 fully saturated rings. The molecule has 3 aromatic rings. The van der Waals surface area contributed by atoms with E-state index in [2.05, 4.69) is 10.6 Å². The molecule has 0 saturated heterocycles. The van der Waals surface area contributed by atoms with Crippen LogP contribution in [0, 0.1) is 5.41 Å². The van der Waals surface area contributed by atoms with Gasteiger partial charge in [-0.1, -0.05) is 51.1 Å². The van der Waals surface area contributed by atoms with E-state index in [1.54, 1.807) is 32.0 Å². The molecule has 6 nitrogen and oxygen atoms in total. The van der Waals surface area contributed by atoms with Gasteiger partial charge in [-0.3, -0.25) is 9.59 Å². The van der Waals surface area contributed by atoms with Gasteiger partial charge in [0.25, 0.3) is 5.91 Å². The van der Waals surface area contributed by atoms with Crippen LogP contribution in [-0.2, 0) is 17.1 Å². The number of hydrogen-bond donors (Lipinski definition) is 2. The highest BCUT2D eigenvalue weighted by Crippen LogP contribution is 2.30. The zero-order valence-electron chi connectivity index (χ0n) is 21.5. The van der Waals surface area contributed by atoms with Crippen molar-refractivity contribution in [2.24, 2.45) is 5.41 Å². The summed E-state index contributed by atoms with van der Waals surface area (Å²) >= 11 is 1.61. The molecule has 7 heteroatoms. The molecule has 36 heavy (non-hydrogen) atoms. The van der Waals surface area contributed by atoms with Gasteiger partial charge in [0.05, 0.1) is 26.3 Å². The van der Waals surface area contributed by atoms with Gasteiger partial charge in [-0.25, -0.2) is 0 Å². The first-order valence-electron chi connectivity index (χ1n) is 11.8. The van der Waals surface area contributed by atoms with Crippen LogP contribution < -0.4 is 20.1 Å². The molecule has 0 bridgehead atoms. The van der Waals surface area contributed by atoms with E-state index in [-0.39, 0.29) is 23.8 Å².